The van der Waals surface area contributed by atoms with E-state index in [1.807, 2.05) is 13.0 Å². The van der Waals surface area contributed by atoms with E-state index < -0.39 is 5.97 Å². The summed E-state index contributed by atoms with van der Waals surface area (Å²) in [5, 5.41) is 8.49. The molecule has 2 nitrogen and oxygen atoms in total. The van der Waals surface area contributed by atoms with E-state index in [9.17, 15) is 4.79 Å². The Bertz CT molecular complexity index is 195. The first-order valence-corrected chi connectivity index (χ1v) is 6.04. The summed E-state index contributed by atoms with van der Waals surface area (Å²) in [6.07, 6.45) is 10.8. The topological polar surface area (TPSA) is 37.3 Å². The van der Waals surface area contributed by atoms with Crippen LogP contribution in [0.1, 0.15) is 65.2 Å². The number of carboxylic acids is 1. The van der Waals surface area contributed by atoms with Crippen molar-refractivity contribution in [2.75, 3.05) is 0 Å². The standard InChI is InChI=1S/C13H24O2/c1-3-4-5-6-7-8-9-12(2)10-11-13(14)15/h10H,3-9,11H2,1-2H3,(H,14,15)/b12-10+. The molecule has 0 fully saturated rings. The van der Waals surface area contributed by atoms with Crippen LogP contribution in [0.5, 0.6) is 0 Å². The van der Waals surface area contributed by atoms with Crippen LogP contribution in [0.2, 0.25) is 0 Å². The molecule has 0 unspecified atom stereocenters. The number of carboxylic acid groups (broad SMARTS) is 1. The van der Waals surface area contributed by atoms with E-state index in [2.05, 4.69) is 6.92 Å². The van der Waals surface area contributed by atoms with Gasteiger partial charge in [-0.15, -0.1) is 0 Å². The summed E-state index contributed by atoms with van der Waals surface area (Å²) in [6, 6.07) is 0. The second-order valence-electron chi connectivity index (χ2n) is 4.17. The molecule has 0 spiro atoms. The Kier molecular flexibility index (Phi) is 9.24. The highest BCUT2D eigenvalue weighted by atomic mass is 16.4. The molecule has 0 aliphatic heterocycles. The van der Waals surface area contributed by atoms with E-state index in [-0.39, 0.29) is 6.42 Å². The second-order valence-corrected chi connectivity index (χ2v) is 4.17. The zero-order chi connectivity index (χ0) is 11.5. The molecule has 1 N–H and O–H groups in total. The van der Waals surface area contributed by atoms with Gasteiger partial charge in [0.1, 0.15) is 0 Å². The van der Waals surface area contributed by atoms with E-state index in [0.717, 1.165) is 6.42 Å². The van der Waals surface area contributed by atoms with Crippen molar-refractivity contribution < 1.29 is 9.90 Å². The highest BCUT2D eigenvalue weighted by Gasteiger charge is 1.95. The highest BCUT2D eigenvalue weighted by Crippen LogP contribution is 2.11. The average molecular weight is 212 g/mol. The Labute approximate surface area is 93.4 Å². The molecule has 15 heavy (non-hydrogen) atoms. The van der Waals surface area contributed by atoms with Gasteiger partial charge >= 0.3 is 5.97 Å². The predicted molar refractivity (Wildman–Crippen MR) is 64.0 cm³/mol. The molecule has 0 aromatic rings. The van der Waals surface area contributed by atoms with Crippen LogP contribution in [0.3, 0.4) is 0 Å². The Morgan fingerprint density at radius 2 is 1.73 bits per heavy atom. The largest absolute Gasteiger partial charge is 0.481 e. The third-order valence-electron chi connectivity index (χ3n) is 2.55. The third-order valence-corrected chi connectivity index (χ3v) is 2.55. The normalized spacial score (nSPS) is 11.7. The molecule has 0 amide bonds. The molecule has 88 valence electrons. The maximum Gasteiger partial charge on any atom is 0.307 e. The third kappa shape index (κ3) is 11.1. The van der Waals surface area contributed by atoms with Crippen LogP contribution >= 0.6 is 0 Å². The Morgan fingerprint density at radius 1 is 1.13 bits per heavy atom. The Morgan fingerprint density at radius 3 is 2.33 bits per heavy atom. The fourth-order valence-corrected chi connectivity index (χ4v) is 1.55. The molecule has 0 heterocycles. The summed E-state index contributed by atoms with van der Waals surface area (Å²) in [7, 11) is 0. The maximum absolute atomic E-state index is 10.3. The van der Waals surface area contributed by atoms with Gasteiger partial charge in [-0.25, -0.2) is 0 Å². The van der Waals surface area contributed by atoms with Crippen molar-refractivity contribution in [3.8, 4) is 0 Å². The van der Waals surface area contributed by atoms with Crippen molar-refractivity contribution in [3.63, 3.8) is 0 Å². The lowest BCUT2D eigenvalue weighted by molar-refractivity contribution is -0.136. The summed E-state index contributed by atoms with van der Waals surface area (Å²) >= 11 is 0. The van der Waals surface area contributed by atoms with Crippen LogP contribution in [-0.4, -0.2) is 11.1 Å². The minimum atomic E-state index is -0.739. The minimum absolute atomic E-state index is 0.168. The van der Waals surface area contributed by atoms with Crippen molar-refractivity contribution in [3.05, 3.63) is 11.6 Å². The Balaban J connectivity index is 3.34. The van der Waals surface area contributed by atoms with Crippen molar-refractivity contribution in [1.82, 2.24) is 0 Å². The lowest BCUT2D eigenvalue weighted by atomic mass is 10.1. The average Bonchev–Trinajstić information content (AvgIpc) is 2.20. The van der Waals surface area contributed by atoms with Crippen molar-refractivity contribution in [2.24, 2.45) is 0 Å². The monoisotopic (exact) mass is 212 g/mol. The van der Waals surface area contributed by atoms with Gasteiger partial charge in [0, 0.05) is 0 Å². The first-order valence-electron chi connectivity index (χ1n) is 6.04. The van der Waals surface area contributed by atoms with Gasteiger partial charge in [-0.2, -0.15) is 0 Å². The lowest BCUT2D eigenvalue weighted by Gasteiger charge is -2.01. The number of hydrogen-bond acceptors (Lipinski definition) is 1. The van der Waals surface area contributed by atoms with Gasteiger partial charge in [-0.3, -0.25) is 4.79 Å². The smallest absolute Gasteiger partial charge is 0.307 e. The summed E-state index contributed by atoms with van der Waals surface area (Å²) in [6.45, 7) is 4.24. The molecule has 0 saturated carbocycles. The summed E-state index contributed by atoms with van der Waals surface area (Å²) in [4.78, 5) is 10.3. The van der Waals surface area contributed by atoms with Crippen LogP contribution in [0, 0.1) is 0 Å². The maximum atomic E-state index is 10.3. The molecule has 0 bridgehead atoms. The van der Waals surface area contributed by atoms with Crippen LogP contribution in [0.4, 0.5) is 0 Å². The van der Waals surface area contributed by atoms with Gasteiger partial charge < -0.3 is 5.11 Å². The fraction of sp³-hybridized carbons (Fsp3) is 0.769. The molecule has 0 aromatic heterocycles. The van der Waals surface area contributed by atoms with Crippen LogP contribution in [0.15, 0.2) is 11.6 Å². The van der Waals surface area contributed by atoms with E-state index in [4.69, 9.17) is 5.11 Å². The number of hydrogen-bond donors (Lipinski definition) is 1. The zero-order valence-corrected chi connectivity index (χ0v) is 10.1. The van der Waals surface area contributed by atoms with Gasteiger partial charge in [0.25, 0.3) is 0 Å². The summed E-state index contributed by atoms with van der Waals surface area (Å²) < 4.78 is 0. The minimum Gasteiger partial charge on any atom is -0.481 e. The highest BCUT2D eigenvalue weighted by molar-refractivity contribution is 5.68. The van der Waals surface area contributed by atoms with Crippen molar-refractivity contribution >= 4 is 5.97 Å². The van der Waals surface area contributed by atoms with E-state index in [1.54, 1.807) is 0 Å². The van der Waals surface area contributed by atoms with Crippen molar-refractivity contribution in [1.29, 1.82) is 0 Å². The molecule has 0 saturated heterocycles. The van der Waals surface area contributed by atoms with Crippen molar-refractivity contribution in [2.45, 2.75) is 65.2 Å². The number of allylic oxidation sites excluding steroid dienone is 1. The van der Waals surface area contributed by atoms with E-state index in [0.29, 0.717) is 0 Å². The number of aliphatic carboxylic acids is 1. The van der Waals surface area contributed by atoms with Gasteiger partial charge in [-0.1, -0.05) is 50.7 Å². The molecule has 0 aromatic carbocycles. The van der Waals surface area contributed by atoms with Gasteiger partial charge in [0.2, 0.25) is 0 Å². The van der Waals surface area contributed by atoms with E-state index in [1.165, 1.54) is 44.1 Å². The summed E-state index contributed by atoms with van der Waals surface area (Å²) in [5.41, 5.74) is 1.22. The SMILES string of the molecule is CCCCCCCC/C(C)=C/CC(=O)O. The molecule has 0 rings (SSSR count). The van der Waals surface area contributed by atoms with Gasteiger partial charge in [-0.05, 0) is 19.8 Å². The van der Waals surface area contributed by atoms with Gasteiger partial charge in [0.15, 0.2) is 0 Å². The Hall–Kier alpha value is -0.790. The molecule has 2 heteroatoms. The van der Waals surface area contributed by atoms with Crippen LogP contribution in [0.25, 0.3) is 0 Å². The zero-order valence-electron chi connectivity index (χ0n) is 10.1. The summed E-state index contributed by atoms with van der Waals surface area (Å²) in [5.74, 6) is -0.739. The molecule has 0 atom stereocenters. The second kappa shape index (κ2) is 9.75. The lowest BCUT2D eigenvalue weighted by Crippen LogP contribution is -1.91. The molecule has 0 aliphatic carbocycles. The molecular weight excluding hydrogens is 188 g/mol. The van der Waals surface area contributed by atoms with Gasteiger partial charge in [0.05, 0.1) is 6.42 Å². The first-order chi connectivity index (χ1) is 7.16. The predicted octanol–water partition coefficient (Wildman–Crippen LogP) is 4.16. The first kappa shape index (κ1) is 14.2. The fourth-order valence-electron chi connectivity index (χ4n) is 1.55. The molecular formula is C13H24O2. The number of rotatable bonds is 9. The molecule has 0 radical (unpaired) electrons. The number of carbonyl (C=O) groups is 1. The quantitative estimate of drug-likeness (QED) is 0.460. The molecule has 0 aliphatic rings. The van der Waals surface area contributed by atoms with Crippen LogP contribution in [-0.2, 0) is 4.79 Å². The van der Waals surface area contributed by atoms with E-state index >= 15 is 0 Å². The number of unbranched alkanes of at least 4 members (excludes halogenated alkanes) is 5. The van der Waals surface area contributed by atoms with Crippen LogP contribution < -0.4 is 0 Å².